The SMILES string of the molecule is CS(=O)(=O)CC(O)c1csc2c(Br)cccc12. The van der Waals surface area contributed by atoms with Gasteiger partial charge in [0.25, 0.3) is 0 Å². The molecule has 0 saturated carbocycles. The Morgan fingerprint density at radius 3 is 2.82 bits per heavy atom. The Labute approximate surface area is 112 Å². The van der Waals surface area contributed by atoms with Gasteiger partial charge in [-0.05, 0) is 32.8 Å². The molecule has 0 fully saturated rings. The fourth-order valence-electron chi connectivity index (χ4n) is 1.68. The molecule has 3 nitrogen and oxygen atoms in total. The summed E-state index contributed by atoms with van der Waals surface area (Å²) in [6, 6.07) is 5.68. The number of halogens is 1. The highest BCUT2D eigenvalue weighted by atomic mass is 79.9. The zero-order valence-electron chi connectivity index (χ0n) is 9.05. The van der Waals surface area contributed by atoms with E-state index >= 15 is 0 Å². The first-order chi connectivity index (χ1) is 7.88. The predicted octanol–water partition coefficient (Wildman–Crippen LogP) is 2.74. The van der Waals surface area contributed by atoms with E-state index in [4.69, 9.17) is 0 Å². The van der Waals surface area contributed by atoms with Gasteiger partial charge in [-0.25, -0.2) is 8.42 Å². The largest absolute Gasteiger partial charge is 0.387 e. The van der Waals surface area contributed by atoms with Crippen molar-refractivity contribution in [2.45, 2.75) is 6.10 Å². The van der Waals surface area contributed by atoms with Gasteiger partial charge in [-0.2, -0.15) is 0 Å². The minimum Gasteiger partial charge on any atom is -0.387 e. The Balaban J connectivity index is 2.46. The summed E-state index contributed by atoms with van der Waals surface area (Å²) in [7, 11) is -3.19. The molecule has 0 saturated heterocycles. The van der Waals surface area contributed by atoms with Crippen LogP contribution in [0.15, 0.2) is 28.1 Å². The van der Waals surface area contributed by atoms with E-state index in [9.17, 15) is 13.5 Å². The van der Waals surface area contributed by atoms with Gasteiger partial charge >= 0.3 is 0 Å². The first-order valence-electron chi connectivity index (χ1n) is 4.90. The van der Waals surface area contributed by atoms with Gasteiger partial charge in [-0.15, -0.1) is 11.3 Å². The number of hydrogen-bond donors (Lipinski definition) is 1. The van der Waals surface area contributed by atoms with Crippen molar-refractivity contribution in [3.8, 4) is 0 Å². The van der Waals surface area contributed by atoms with E-state index in [-0.39, 0.29) is 5.75 Å². The summed E-state index contributed by atoms with van der Waals surface area (Å²) in [5.74, 6) is -0.245. The van der Waals surface area contributed by atoms with Crippen LogP contribution in [0.3, 0.4) is 0 Å². The first-order valence-corrected chi connectivity index (χ1v) is 8.63. The number of benzene rings is 1. The van der Waals surface area contributed by atoms with Crippen LogP contribution in [-0.4, -0.2) is 25.5 Å². The zero-order chi connectivity index (χ0) is 12.6. The molecule has 0 radical (unpaired) electrons. The molecule has 1 heterocycles. The smallest absolute Gasteiger partial charge is 0.150 e. The van der Waals surface area contributed by atoms with Crippen molar-refractivity contribution in [1.29, 1.82) is 0 Å². The summed E-state index contributed by atoms with van der Waals surface area (Å²) in [6.45, 7) is 0. The molecular weight excluding hydrogens is 324 g/mol. The molecule has 1 atom stereocenters. The molecule has 1 aromatic carbocycles. The third-order valence-electron chi connectivity index (χ3n) is 2.40. The van der Waals surface area contributed by atoms with Crippen LogP contribution in [-0.2, 0) is 9.84 Å². The van der Waals surface area contributed by atoms with E-state index in [1.165, 1.54) is 11.3 Å². The number of aliphatic hydroxyl groups excluding tert-OH is 1. The van der Waals surface area contributed by atoms with Gasteiger partial charge in [0, 0.05) is 21.0 Å². The fourth-order valence-corrected chi connectivity index (χ4v) is 4.10. The van der Waals surface area contributed by atoms with Crippen molar-refractivity contribution < 1.29 is 13.5 Å². The Morgan fingerprint density at radius 2 is 2.18 bits per heavy atom. The normalized spacial score (nSPS) is 14.1. The predicted molar refractivity (Wildman–Crippen MR) is 74.2 cm³/mol. The molecule has 1 aromatic heterocycles. The monoisotopic (exact) mass is 334 g/mol. The molecule has 6 heteroatoms. The Morgan fingerprint density at radius 1 is 1.47 bits per heavy atom. The van der Waals surface area contributed by atoms with Crippen LogP contribution in [0.25, 0.3) is 10.1 Å². The summed E-state index contributed by atoms with van der Waals surface area (Å²) >= 11 is 4.92. The van der Waals surface area contributed by atoms with E-state index in [1.807, 2.05) is 23.6 Å². The van der Waals surface area contributed by atoms with Crippen LogP contribution in [0.1, 0.15) is 11.7 Å². The average Bonchev–Trinajstić information content (AvgIpc) is 2.60. The molecule has 92 valence electrons. The maximum absolute atomic E-state index is 11.2. The highest BCUT2D eigenvalue weighted by Gasteiger charge is 2.18. The molecule has 0 aliphatic rings. The summed E-state index contributed by atoms with van der Waals surface area (Å²) in [6.07, 6.45) is 0.161. The minimum atomic E-state index is -3.19. The Bertz CT molecular complexity index is 646. The molecule has 2 rings (SSSR count). The van der Waals surface area contributed by atoms with E-state index in [1.54, 1.807) is 0 Å². The molecule has 0 spiro atoms. The van der Waals surface area contributed by atoms with E-state index in [2.05, 4.69) is 15.9 Å². The summed E-state index contributed by atoms with van der Waals surface area (Å²) in [5, 5.41) is 12.7. The Kier molecular flexibility index (Phi) is 3.58. The number of rotatable bonds is 3. The lowest BCUT2D eigenvalue weighted by molar-refractivity contribution is 0.204. The molecule has 0 amide bonds. The maximum Gasteiger partial charge on any atom is 0.150 e. The fraction of sp³-hybridized carbons (Fsp3) is 0.273. The number of hydrogen-bond acceptors (Lipinski definition) is 4. The van der Waals surface area contributed by atoms with Crippen LogP contribution in [0.4, 0.5) is 0 Å². The highest BCUT2D eigenvalue weighted by Crippen LogP contribution is 2.35. The lowest BCUT2D eigenvalue weighted by atomic mass is 10.1. The van der Waals surface area contributed by atoms with Gasteiger partial charge in [-0.1, -0.05) is 12.1 Å². The van der Waals surface area contributed by atoms with Crippen LogP contribution in [0.2, 0.25) is 0 Å². The second-order valence-corrected chi connectivity index (χ2v) is 7.83. The van der Waals surface area contributed by atoms with E-state index in [0.717, 1.165) is 20.8 Å². The second kappa shape index (κ2) is 4.68. The molecule has 0 bridgehead atoms. The number of thiophene rings is 1. The lowest BCUT2D eigenvalue weighted by Crippen LogP contribution is -2.12. The quantitative estimate of drug-likeness (QED) is 0.938. The average molecular weight is 335 g/mol. The molecule has 1 unspecified atom stereocenters. The first kappa shape index (κ1) is 13.0. The topological polar surface area (TPSA) is 54.4 Å². The standard InChI is InChI=1S/C11H11BrO3S2/c1-17(14,15)6-10(13)8-5-16-11-7(8)3-2-4-9(11)12/h2-5,10,13H,6H2,1H3. The molecular formula is C11H11BrO3S2. The van der Waals surface area contributed by atoms with Crippen LogP contribution < -0.4 is 0 Å². The Hall–Kier alpha value is -0.430. The summed E-state index contributed by atoms with van der Waals surface area (Å²) in [4.78, 5) is 0. The van der Waals surface area contributed by atoms with Crippen LogP contribution in [0, 0.1) is 0 Å². The van der Waals surface area contributed by atoms with Gasteiger partial charge < -0.3 is 5.11 Å². The van der Waals surface area contributed by atoms with Crippen molar-refractivity contribution in [2.75, 3.05) is 12.0 Å². The third-order valence-corrected chi connectivity index (χ3v) is 5.29. The van der Waals surface area contributed by atoms with E-state index in [0.29, 0.717) is 5.56 Å². The molecule has 17 heavy (non-hydrogen) atoms. The maximum atomic E-state index is 11.2. The third kappa shape index (κ3) is 2.88. The van der Waals surface area contributed by atoms with Crippen molar-refractivity contribution in [3.63, 3.8) is 0 Å². The van der Waals surface area contributed by atoms with E-state index < -0.39 is 15.9 Å². The van der Waals surface area contributed by atoms with Gasteiger partial charge in [0.1, 0.15) is 9.84 Å². The van der Waals surface area contributed by atoms with Gasteiger partial charge in [-0.3, -0.25) is 0 Å². The number of aliphatic hydroxyl groups is 1. The summed E-state index contributed by atoms with van der Waals surface area (Å²) in [5.41, 5.74) is 0.678. The molecule has 0 aliphatic carbocycles. The van der Waals surface area contributed by atoms with Crippen LogP contribution >= 0.6 is 27.3 Å². The van der Waals surface area contributed by atoms with Gasteiger partial charge in [0.05, 0.1) is 11.9 Å². The van der Waals surface area contributed by atoms with Crippen LogP contribution in [0.5, 0.6) is 0 Å². The van der Waals surface area contributed by atoms with Crippen molar-refractivity contribution >= 4 is 47.2 Å². The van der Waals surface area contributed by atoms with Crippen molar-refractivity contribution in [3.05, 3.63) is 33.6 Å². The number of sulfone groups is 1. The lowest BCUT2D eigenvalue weighted by Gasteiger charge is -2.08. The zero-order valence-corrected chi connectivity index (χ0v) is 12.3. The van der Waals surface area contributed by atoms with Gasteiger partial charge in [0.15, 0.2) is 0 Å². The van der Waals surface area contributed by atoms with Crippen molar-refractivity contribution in [1.82, 2.24) is 0 Å². The molecule has 1 N–H and O–H groups in total. The number of fused-ring (bicyclic) bond motifs is 1. The second-order valence-electron chi connectivity index (χ2n) is 3.92. The molecule has 2 aromatic rings. The highest BCUT2D eigenvalue weighted by molar-refractivity contribution is 9.10. The molecule has 0 aliphatic heterocycles. The van der Waals surface area contributed by atoms with Gasteiger partial charge in [0.2, 0.25) is 0 Å². The summed E-state index contributed by atoms with van der Waals surface area (Å²) < 4.78 is 24.3. The minimum absolute atomic E-state index is 0.245. The van der Waals surface area contributed by atoms with Crippen molar-refractivity contribution in [2.24, 2.45) is 0 Å².